The molecule has 3 rings (SSSR count). The second-order valence-corrected chi connectivity index (χ2v) is 5.19. The number of fused-ring (bicyclic) bond motifs is 1. The number of aryl methyl sites for hydroxylation is 1. The van der Waals surface area contributed by atoms with E-state index in [9.17, 15) is 0 Å². The molecule has 2 N–H and O–H groups in total. The van der Waals surface area contributed by atoms with E-state index in [4.69, 9.17) is 5.73 Å². The van der Waals surface area contributed by atoms with Crippen LogP contribution in [0.2, 0.25) is 0 Å². The number of hydrogen-bond acceptors (Lipinski definition) is 3. The van der Waals surface area contributed by atoms with E-state index in [2.05, 4.69) is 54.1 Å². The molecule has 2 aromatic carbocycles. The third-order valence-corrected chi connectivity index (χ3v) is 3.70. The Balaban J connectivity index is 2.15. The van der Waals surface area contributed by atoms with Crippen molar-refractivity contribution in [2.45, 2.75) is 13.8 Å². The van der Waals surface area contributed by atoms with Gasteiger partial charge in [-0.3, -0.25) is 4.98 Å². The lowest BCUT2D eigenvalue weighted by molar-refractivity contribution is 1.03. The lowest BCUT2D eigenvalue weighted by atomic mass is 10.1. The van der Waals surface area contributed by atoms with E-state index in [0.717, 1.165) is 28.8 Å². The maximum atomic E-state index is 5.86. The van der Waals surface area contributed by atoms with Crippen molar-refractivity contribution in [1.82, 2.24) is 4.98 Å². The molecular formula is C18H19N3. The van der Waals surface area contributed by atoms with Gasteiger partial charge in [-0.1, -0.05) is 17.7 Å². The van der Waals surface area contributed by atoms with Crippen LogP contribution >= 0.6 is 0 Å². The Hall–Kier alpha value is -2.55. The van der Waals surface area contributed by atoms with Gasteiger partial charge in [-0.25, -0.2) is 0 Å². The molecule has 0 saturated heterocycles. The molecule has 1 aromatic heterocycles. The Morgan fingerprint density at radius 3 is 2.52 bits per heavy atom. The SMILES string of the molecule is CCN(c1ccc(C)cc1)c1ccnc2cc(N)ccc12. The van der Waals surface area contributed by atoms with Crippen LogP contribution in [0.3, 0.4) is 0 Å². The highest BCUT2D eigenvalue weighted by Crippen LogP contribution is 2.32. The van der Waals surface area contributed by atoms with Crippen molar-refractivity contribution in [2.75, 3.05) is 17.2 Å². The lowest BCUT2D eigenvalue weighted by Crippen LogP contribution is -2.16. The van der Waals surface area contributed by atoms with Crippen molar-refractivity contribution >= 4 is 28.0 Å². The second kappa shape index (κ2) is 5.44. The lowest BCUT2D eigenvalue weighted by Gasteiger charge is -2.25. The van der Waals surface area contributed by atoms with Crippen molar-refractivity contribution in [1.29, 1.82) is 0 Å². The van der Waals surface area contributed by atoms with Crippen LogP contribution in [0.4, 0.5) is 17.1 Å². The first kappa shape index (κ1) is 13.4. The zero-order chi connectivity index (χ0) is 14.8. The Morgan fingerprint density at radius 1 is 1.05 bits per heavy atom. The first-order chi connectivity index (χ1) is 10.2. The number of anilines is 3. The van der Waals surface area contributed by atoms with Crippen LogP contribution in [0.1, 0.15) is 12.5 Å². The van der Waals surface area contributed by atoms with Gasteiger partial charge in [0, 0.05) is 29.5 Å². The summed E-state index contributed by atoms with van der Waals surface area (Å²) in [7, 11) is 0. The molecule has 0 radical (unpaired) electrons. The molecule has 0 atom stereocenters. The predicted octanol–water partition coefficient (Wildman–Crippen LogP) is 4.28. The van der Waals surface area contributed by atoms with Crippen LogP contribution in [0.25, 0.3) is 10.9 Å². The molecule has 0 aliphatic heterocycles. The fraction of sp³-hybridized carbons (Fsp3) is 0.167. The molecule has 0 fully saturated rings. The molecule has 3 nitrogen and oxygen atoms in total. The van der Waals surface area contributed by atoms with Gasteiger partial charge in [0.1, 0.15) is 0 Å². The summed E-state index contributed by atoms with van der Waals surface area (Å²) < 4.78 is 0. The predicted molar refractivity (Wildman–Crippen MR) is 90.0 cm³/mol. The minimum atomic E-state index is 0.741. The van der Waals surface area contributed by atoms with Gasteiger partial charge in [-0.2, -0.15) is 0 Å². The summed E-state index contributed by atoms with van der Waals surface area (Å²) in [5.74, 6) is 0. The van der Waals surface area contributed by atoms with Crippen molar-refractivity contribution in [3.63, 3.8) is 0 Å². The summed E-state index contributed by atoms with van der Waals surface area (Å²) in [6, 6.07) is 16.5. The van der Waals surface area contributed by atoms with Crippen molar-refractivity contribution in [3.8, 4) is 0 Å². The Kier molecular flexibility index (Phi) is 3.48. The number of aromatic nitrogens is 1. The van der Waals surface area contributed by atoms with Crippen LogP contribution in [0.5, 0.6) is 0 Å². The highest BCUT2D eigenvalue weighted by molar-refractivity contribution is 5.95. The molecule has 21 heavy (non-hydrogen) atoms. The first-order valence-corrected chi connectivity index (χ1v) is 7.17. The van der Waals surface area contributed by atoms with E-state index < -0.39 is 0 Å². The van der Waals surface area contributed by atoms with E-state index in [0.29, 0.717) is 0 Å². The zero-order valence-electron chi connectivity index (χ0n) is 12.4. The Morgan fingerprint density at radius 2 is 1.81 bits per heavy atom. The Bertz CT molecular complexity index is 763. The molecule has 3 heteroatoms. The fourth-order valence-electron chi connectivity index (χ4n) is 2.60. The number of rotatable bonds is 3. The normalized spacial score (nSPS) is 10.8. The smallest absolute Gasteiger partial charge is 0.0743 e. The summed E-state index contributed by atoms with van der Waals surface area (Å²) in [6.45, 7) is 5.15. The highest BCUT2D eigenvalue weighted by Gasteiger charge is 2.11. The molecule has 0 spiro atoms. The summed E-state index contributed by atoms with van der Waals surface area (Å²) in [5.41, 5.74) is 11.1. The summed E-state index contributed by atoms with van der Waals surface area (Å²) in [5, 5.41) is 1.12. The van der Waals surface area contributed by atoms with Gasteiger partial charge in [0.25, 0.3) is 0 Å². The third kappa shape index (κ3) is 2.55. The molecule has 0 saturated carbocycles. The van der Waals surface area contributed by atoms with Gasteiger partial charge < -0.3 is 10.6 Å². The van der Waals surface area contributed by atoms with Crippen LogP contribution in [0, 0.1) is 6.92 Å². The number of benzene rings is 2. The minimum absolute atomic E-state index is 0.741. The quantitative estimate of drug-likeness (QED) is 0.726. The molecule has 1 heterocycles. The molecule has 0 aliphatic rings. The number of pyridine rings is 1. The van der Waals surface area contributed by atoms with Gasteiger partial charge in [0.2, 0.25) is 0 Å². The van der Waals surface area contributed by atoms with E-state index in [-0.39, 0.29) is 0 Å². The topological polar surface area (TPSA) is 42.2 Å². The minimum Gasteiger partial charge on any atom is -0.399 e. The maximum Gasteiger partial charge on any atom is 0.0743 e. The average Bonchev–Trinajstić information content (AvgIpc) is 2.49. The van der Waals surface area contributed by atoms with Gasteiger partial charge in [-0.15, -0.1) is 0 Å². The average molecular weight is 277 g/mol. The van der Waals surface area contributed by atoms with Crippen molar-refractivity contribution in [2.24, 2.45) is 0 Å². The van der Waals surface area contributed by atoms with Crippen LogP contribution < -0.4 is 10.6 Å². The number of nitrogens with zero attached hydrogens (tertiary/aromatic N) is 2. The van der Waals surface area contributed by atoms with Gasteiger partial charge in [-0.05, 0) is 50.2 Å². The Labute approximate surface area is 125 Å². The van der Waals surface area contributed by atoms with E-state index in [1.165, 1.54) is 11.3 Å². The standard InChI is InChI=1S/C18H19N3/c1-3-21(15-7-4-13(2)5-8-15)18-10-11-20-17-12-14(19)6-9-16(17)18/h4-12H,3,19H2,1-2H3. The maximum absolute atomic E-state index is 5.86. The van der Waals surface area contributed by atoms with Gasteiger partial charge in [0.05, 0.1) is 11.2 Å². The molecule has 0 bridgehead atoms. The molecule has 106 valence electrons. The second-order valence-electron chi connectivity index (χ2n) is 5.19. The first-order valence-electron chi connectivity index (χ1n) is 7.17. The molecular weight excluding hydrogens is 258 g/mol. The fourth-order valence-corrected chi connectivity index (χ4v) is 2.60. The zero-order valence-corrected chi connectivity index (χ0v) is 12.4. The van der Waals surface area contributed by atoms with Crippen LogP contribution in [0.15, 0.2) is 54.7 Å². The molecule has 0 unspecified atom stereocenters. The van der Waals surface area contributed by atoms with Crippen LogP contribution in [-0.2, 0) is 0 Å². The van der Waals surface area contributed by atoms with E-state index in [1.807, 2.05) is 24.4 Å². The number of hydrogen-bond donors (Lipinski definition) is 1. The molecule has 0 aliphatic carbocycles. The largest absolute Gasteiger partial charge is 0.399 e. The third-order valence-electron chi connectivity index (χ3n) is 3.70. The van der Waals surface area contributed by atoms with Gasteiger partial charge >= 0.3 is 0 Å². The summed E-state index contributed by atoms with van der Waals surface area (Å²) >= 11 is 0. The molecule has 3 aromatic rings. The summed E-state index contributed by atoms with van der Waals surface area (Å²) in [4.78, 5) is 6.71. The monoisotopic (exact) mass is 277 g/mol. The summed E-state index contributed by atoms with van der Waals surface area (Å²) in [6.07, 6.45) is 1.84. The molecule has 0 amide bonds. The van der Waals surface area contributed by atoms with Crippen molar-refractivity contribution < 1.29 is 0 Å². The van der Waals surface area contributed by atoms with Gasteiger partial charge in [0.15, 0.2) is 0 Å². The van der Waals surface area contributed by atoms with E-state index >= 15 is 0 Å². The van der Waals surface area contributed by atoms with Crippen molar-refractivity contribution in [3.05, 3.63) is 60.3 Å². The van der Waals surface area contributed by atoms with E-state index in [1.54, 1.807) is 0 Å². The highest BCUT2D eigenvalue weighted by atomic mass is 15.1. The number of nitrogen functional groups attached to an aromatic ring is 1. The van der Waals surface area contributed by atoms with Crippen LogP contribution in [-0.4, -0.2) is 11.5 Å². The number of nitrogens with two attached hydrogens (primary N) is 1.